The summed E-state index contributed by atoms with van der Waals surface area (Å²) in [6.07, 6.45) is 4.31. The molecule has 2 nitrogen and oxygen atoms in total. The van der Waals surface area contributed by atoms with Gasteiger partial charge in [0.1, 0.15) is 0 Å². The van der Waals surface area contributed by atoms with E-state index in [0.717, 1.165) is 17.9 Å². The molecule has 0 bridgehead atoms. The lowest BCUT2D eigenvalue weighted by Gasteiger charge is -2.34. The van der Waals surface area contributed by atoms with Gasteiger partial charge in [0.25, 0.3) is 0 Å². The van der Waals surface area contributed by atoms with E-state index in [4.69, 9.17) is 0 Å². The first kappa shape index (κ1) is 9.47. The Hall–Kier alpha value is -0.0800. The molecule has 0 N–H and O–H groups in total. The molecule has 76 valence electrons. The molecule has 3 atom stereocenters. The summed E-state index contributed by atoms with van der Waals surface area (Å²) >= 11 is 0. The molecule has 1 saturated heterocycles. The third-order valence-electron chi connectivity index (χ3n) is 3.93. The molecule has 0 aromatic rings. The second-order valence-corrected chi connectivity index (χ2v) is 5.17. The third kappa shape index (κ3) is 1.89. The summed E-state index contributed by atoms with van der Waals surface area (Å²) in [6, 6.07) is 0.854. The van der Waals surface area contributed by atoms with E-state index in [-0.39, 0.29) is 0 Å². The van der Waals surface area contributed by atoms with E-state index < -0.39 is 0 Å². The van der Waals surface area contributed by atoms with E-state index >= 15 is 0 Å². The highest BCUT2D eigenvalue weighted by Crippen LogP contribution is 2.36. The van der Waals surface area contributed by atoms with Gasteiger partial charge >= 0.3 is 0 Å². The van der Waals surface area contributed by atoms with Crippen LogP contribution in [0.2, 0.25) is 0 Å². The summed E-state index contributed by atoms with van der Waals surface area (Å²) in [7, 11) is 6.72. The lowest BCUT2D eigenvalue weighted by molar-refractivity contribution is 0.162. The Balaban J connectivity index is 1.93. The van der Waals surface area contributed by atoms with Gasteiger partial charge in [-0.25, -0.2) is 0 Å². The lowest BCUT2D eigenvalue weighted by atomic mass is 9.79. The van der Waals surface area contributed by atoms with Gasteiger partial charge in [0.2, 0.25) is 0 Å². The van der Waals surface area contributed by atoms with Crippen LogP contribution in [-0.4, -0.2) is 50.1 Å². The monoisotopic (exact) mass is 182 g/mol. The van der Waals surface area contributed by atoms with Gasteiger partial charge in [0, 0.05) is 19.1 Å². The molecule has 2 heteroatoms. The quantitative estimate of drug-likeness (QED) is 0.603. The van der Waals surface area contributed by atoms with Crippen LogP contribution < -0.4 is 0 Å². The maximum atomic E-state index is 2.51. The van der Waals surface area contributed by atoms with Crippen molar-refractivity contribution in [2.24, 2.45) is 11.8 Å². The fourth-order valence-electron chi connectivity index (χ4n) is 3.11. The zero-order valence-corrected chi connectivity index (χ0v) is 9.16. The molecule has 3 unspecified atom stereocenters. The molecular weight excluding hydrogens is 160 g/mol. The van der Waals surface area contributed by atoms with Crippen molar-refractivity contribution < 1.29 is 0 Å². The Labute approximate surface area is 81.9 Å². The second kappa shape index (κ2) is 3.58. The van der Waals surface area contributed by atoms with Crippen LogP contribution in [0, 0.1) is 11.8 Å². The number of nitrogens with zero attached hydrogens (tertiary/aromatic N) is 2. The molecule has 0 radical (unpaired) electrons. The minimum atomic E-state index is 0.854. The minimum Gasteiger partial charge on any atom is -0.306 e. The summed E-state index contributed by atoms with van der Waals surface area (Å²) in [5.41, 5.74) is 0. The van der Waals surface area contributed by atoms with E-state index in [2.05, 4.69) is 30.9 Å². The largest absolute Gasteiger partial charge is 0.306 e. The van der Waals surface area contributed by atoms with Gasteiger partial charge in [-0.05, 0) is 52.2 Å². The van der Waals surface area contributed by atoms with Gasteiger partial charge in [0.15, 0.2) is 0 Å². The molecule has 0 aromatic carbocycles. The average molecular weight is 182 g/mol. The van der Waals surface area contributed by atoms with E-state index in [1.807, 2.05) is 0 Å². The van der Waals surface area contributed by atoms with Crippen LogP contribution in [-0.2, 0) is 0 Å². The third-order valence-corrected chi connectivity index (χ3v) is 3.93. The molecule has 1 heterocycles. The molecule has 2 fully saturated rings. The van der Waals surface area contributed by atoms with Crippen molar-refractivity contribution in [3.63, 3.8) is 0 Å². The highest BCUT2D eigenvalue weighted by atomic mass is 15.1. The van der Waals surface area contributed by atoms with Gasteiger partial charge in [0.05, 0.1) is 0 Å². The van der Waals surface area contributed by atoms with Gasteiger partial charge in [-0.3, -0.25) is 0 Å². The van der Waals surface area contributed by atoms with Crippen molar-refractivity contribution >= 4 is 0 Å². The first-order chi connectivity index (χ1) is 6.16. The van der Waals surface area contributed by atoms with Crippen molar-refractivity contribution in [3.8, 4) is 0 Å². The summed E-state index contributed by atoms with van der Waals surface area (Å²) in [6.45, 7) is 2.69. The summed E-state index contributed by atoms with van der Waals surface area (Å²) < 4.78 is 0. The van der Waals surface area contributed by atoms with Gasteiger partial charge in [-0.1, -0.05) is 0 Å². The van der Waals surface area contributed by atoms with E-state index in [1.165, 1.54) is 32.4 Å². The number of hydrogen-bond acceptors (Lipinski definition) is 2. The van der Waals surface area contributed by atoms with Crippen LogP contribution in [0.15, 0.2) is 0 Å². The standard InChI is InChI=1S/C11H22N2/c1-12(2)11-5-4-9-7-13(3)8-10(9)6-11/h9-11H,4-8H2,1-3H3. The van der Waals surface area contributed by atoms with Crippen LogP contribution in [0.1, 0.15) is 19.3 Å². The van der Waals surface area contributed by atoms with Crippen molar-refractivity contribution in [2.45, 2.75) is 25.3 Å². The first-order valence-corrected chi connectivity index (χ1v) is 5.52. The summed E-state index contributed by atoms with van der Waals surface area (Å²) in [5, 5.41) is 0. The predicted octanol–water partition coefficient (Wildman–Crippen LogP) is 1.28. The molecule has 0 spiro atoms. The second-order valence-electron chi connectivity index (χ2n) is 5.17. The van der Waals surface area contributed by atoms with Gasteiger partial charge < -0.3 is 9.80 Å². The molecule has 1 aliphatic carbocycles. The summed E-state index contributed by atoms with van der Waals surface area (Å²) in [5.74, 6) is 2.01. The van der Waals surface area contributed by atoms with Gasteiger partial charge in [-0.15, -0.1) is 0 Å². The van der Waals surface area contributed by atoms with Crippen LogP contribution in [0.3, 0.4) is 0 Å². The van der Waals surface area contributed by atoms with Crippen molar-refractivity contribution in [1.29, 1.82) is 0 Å². The number of rotatable bonds is 1. The molecule has 1 aliphatic heterocycles. The number of likely N-dealkylation sites (tertiary alicyclic amines) is 1. The number of hydrogen-bond donors (Lipinski definition) is 0. The Bertz CT molecular complexity index is 179. The Kier molecular flexibility index (Phi) is 2.61. The summed E-state index contributed by atoms with van der Waals surface area (Å²) in [4.78, 5) is 4.92. The van der Waals surface area contributed by atoms with Crippen LogP contribution in [0.4, 0.5) is 0 Å². The van der Waals surface area contributed by atoms with Gasteiger partial charge in [-0.2, -0.15) is 0 Å². The highest BCUT2D eigenvalue weighted by molar-refractivity contribution is 4.90. The highest BCUT2D eigenvalue weighted by Gasteiger charge is 2.36. The first-order valence-electron chi connectivity index (χ1n) is 5.52. The molecule has 0 amide bonds. The zero-order valence-electron chi connectivity index (χ0n) is 9.16. The Morgan fingerprint density at radius 3 is 2.46 bits per heavy atom. The Morgan fingerprint density at radius 2 is 1.77 bits per heavy atom. The zero-order chi connectivity index (χ0) is 9.42. The van der Waals surface area contributed by atoms with Crippen LogP contribution in [0.5, 0.6) is 0 Å². The fraction of sp³-hybridized carbons (Fsp3) is 1.00. The normalized spacial score (nSPS) is 41.1. The predicted molar refractivity (Wildman–Crippen MR) is 55.8 cm³/mol. The molecule has 1 saturated carbocycles. The minimum absolute atomic E-state index is 0.854. The lowest BCUT2D eigenvalue weighted by Crippen LogP contribution is -2.36. The smallest absolute Gasteiger partial charge is 0.00925 e. The van der Waals surface area contributed by atoms with Crippen LogP contribution in [0.25, 0.3) is 0 Å². The molecule has 13 heavy (non-hydrogen) atoms. The maximum Gasteiger partial charge on any atom is 0.00925 e. The SMILES string of the molecule is CN1CC2CCC(N(C)C)CC2C1. The van der Waals surface area contributed by atoms with Crippen LogP contribution >= 0.6 is 0 Å². The fourth-order valence-corrected chi connectivity index (χ4v) is 3.11. The van der Waals surface area contributed by atoms with Crippen molar-refractivity contribution in [1.82, 2.24) is 9.80 Å². The average Bonchev–Trinajstić information content (AvgIpc) is 2.42. The molecule has 0 aromatic heterocycles. The van der Waals surface area contributed by atoms with E-state index in [0.29, 0.717) is 0 Å². The molecular formula is C11H22N2. The number of fused-ring (bicyclic) bond motifs is 1. The van der Waals surface area contributed by atoms with Crippen molar-refractivity contribution in [2.75, 3.05) is 34.2 Å². The Morgan fingerprint density at radius 1 is 1.08 bits per heavy atom. The molecule has 2 rings (SSSR count). The topological polar surface area (TPSA) is 6.48 Å². The molecule has 2 aliphatic rings. The van der Waals surface area contributed by atoms with Crippen molar-refractivity contribution in [3.05, 3.63) is 0 Å². The maximum absolute atomic E-state index is 2.51. The van der Waals surface area contributed by atoms with E-state index in [1.54, 1.807) is 0 Å². The van der Waals surface area contributed by atoms with E-state index in [9.17, 15) is 0 Å².